The van der Waals surface area contributed by atoms with Gasteiger partial charge in [0.1, 0.15) is 5.82 Å². The first-order chi connectivity index (χ1) is 14.9. The van der Waals surface area contributed by atoms with Crippen molar-refractivity contribution < 1.29 is 14.0 Å². The largest absolute Gasteiger partial charge is 0.340 e. The number of anilines is 1. The molecule has 1 saturated heterocycles. The van der Waals surface area contributed by atoms with E-state index in [0.717, 1.165) is 38.8 Å². The van der Waals surface area contributed by atoms with Gasteiger partial charge in [-0.1, -0.05) is 12.8 Å². The maximum Gasteiger partial charge on any atom is 0.276 e. The summed E-state index contributed by atoms with van der Waals surface area (Å²) in [5.41, 5.74) is 2.20. The molecule has 1 aliphatic carbocycles. The van der Waals surface area contributed by atoms with Crippen molar-refractivity contribution in [1.82, 2.24) is 19.6 Å². The van der Waals surface area contributed by atoms with Crippen LogP contribution in [0.15, 0.2) is 24.4 Å². The monoisotopic (exact) mass is 427 g/mol. The molecule has 2 heterocycles. The SMILES string of the molecule is Cc1c(NC(=O)c2ccn(C)n2)ccc(F)c1CN1CCN(C(=O)C2CCCC2)CC1. The number of rotatable bonds is 5. The van der Waals surface area contributed by atoms with Crippen LogP contribution in [-0.4, -0.2) is 57.6 Å². The maximum absolute atomic E-state index is 14.6. The molecule has 0 radical (unpaired) electrons. The minimum atomic E-state index is -0.319. The molecule has 0 atom stereocenters. The van der Waals surface area contributed by atoms with E-state index in [0.29, 0.717) is 48.0 Å². The van der Waals surface area contributed by atoms with Gasteiger partial charge in [-0.15, -0.1) is 0 Å². The molecule has 0 bridgehead atoms. The minimum Gasteiger partial charge on any atom is -0.340 e. The summed E-state index contributed by atoms with van der Waals surface area (Å²) >= 11 is 0. The summed E-state index contributed by atoms with van der Waals surface area (Å²) in [6, 6.07) is 4.63. The number of piperazine rings is 1. The minimum absolute atomic E-state index is 0.200. The number of aryl methyl sites for hydroxylation is 1. The molecule has 1 aromatic heterocycles. The number of nitrogens with zero attached hydrogens (tertiary/aromatic N) is 4. The lowest BCUT2D eigenvalue weighted by Crippen LogP contribution is -2.49. The molecular formula is C23H30FN5O2. The van der Waals surface area contributed by atoms with Crippen LogP contribution in [0.2, 0.25) is 0 Å². The van der Waals surface area contributed by atoms with Gasteiger partial charge in [0.05, 0.1) is 0 Å². The molecule has 2 aliphatic rings. The Morgan fingerprint density at radius 1 is 1.13 bits per heavy atom. The zero-order chi connectivity index (χ0) is 22.0. The summed E-state index contributed by atoms with van der Waals surface area (Å²) < 4.78 is 16.2. The first kappa shape index (κ1) is 21.5. The first-order valence-corrected chi connectivity index (χ1v) is 11.0. The van der Waals surface area contributed by atoms with E-state index in [1.165, 1.54) is 6.07 Å². The van der Waals surface area contributed by atoms with Gasteiger partial charge in [0.25, 0.3) is 5.91 Å². The Kier molecular flexibility index (Phi) is 6.36. The van der Waals surface area contributed by atoms with Gasteiger partial charge in [0.15, 0.2) is 5.69 Å². The Balaban J connectivity index is 1.39. The molecule has 0 spiro atoms. The van der Waals surface area contributed by atoms with Crippen LogP contribution in [0.4, 0.5) is 10.1 Å². The van der Waals surface area contributed by atoms with Crippen LogP contribution < -0.4 is 5.32 Å². The Hall–Kier alpha value is -2.74. The molecule has 1 aromatic carbocycles. The zero-order valence-electron chi connectivity index (χ0n) is 18.2. The van der Waals surface area contributed by atoms with Gasteiger partial charge < -0.3 is 10.2 Å². The smallest absolute Gasteiger partial charge is 0.276 e. The second kappa shape index (κ2) is 9.18. The average molecular weight is 428 g/mol. The molecule has 1 saturated carbocycles. The molecule has 31 heavy (non-hydrogen) atoms. The number of aromatic nitrogens is 2. The van der Waals surface area contributed by atoms with E-state index in [-0.39, 0.29) is 17.6 Å². The lowest BCUT2D eigenvalue weighted by atomic mass is 10.0. The third-order valence-electron chi connectivity index (χ3n) is 6.51. The normalized spacial score (nSPS) is 17.8. The highest BCUT2D eigenvalue weighted by Gasteiger charge is 2.29. The zero-order valence-corrected chi connectivity index (χ0v) is 18.2. The van der Waals surface area contributed by atoms with Gasteiger partial charge in [0.2, 0.25) is 5.91 Å². The molecule has 2 amide bonds. The average Bonchev–Trinajstić information content (AvgIpc) is 3.45. The van der Waals surface area contributed by atoms with Gasteiger partial charge in [-0.05, 0) is 43.5 Å². The lowest BCUT2D eigenvalue weighted by molar-refractivity contribution is -0.137. The summed E-state index contributed by atoms with van der Waals surface area (Å²) in [5, 5.41) is 6.95. The topological polar surface area (TPSA) is 70.5 Å². The standard InChI is InChI=1S/C23H30FN5O2/c1-16-18(15-28-11-13-29(14-12-28)23(31)17-5-3-4-6-17)19(24)7-8-20(16)25-22(30)21-9-10-27(2)26-21/h7-10,17H,3-6,11-15H2,1-2H3,(H,25,30). The Morgan fingerprint density at radius 2 is 1.84 bits per heavy atom. The van der Waals surface area contributed by atoms with Crippen LogP contribution in [-0.2, 0) is 18.4 Å². The van der Waals surface area contributed by atoms with E-state index in [9.17, 15) is 14.0 Å². The maximum atomic E-state index is 14.6. The quantitative estimate of drug-likeness (QED) is 0.797. The van der Waals surface area contributed by atoms with E-state index >= 15 is 0 Å². The van der Waals surface area contributed by atoms with E-state index in [1.807, 2.05) is 11.8 Å². The summed E-state index contributed by atoms with van der Waals surface area (Å²) in [6.07, 6.45) is 6.04. The fourth-order valence-electron chi connectivity index (χ4n) is 4.56. The molecule has 1 aliphatic heterocycles. The number of halogens is 1. The van der Waals surface area contributed by atoms with E-state index in [1.54, 1.807) is 30.1 Å². The second-order valence-electron chi connectivity index (χ2n) is 8.61. The van der Waals surface area contributed by atoms with Crippen LogP contribution in [0.3, 0.4) is 0 Å². The van der Waals surface area contributed by atoms with E-state index in [4.69, 9.17) is 0 Å². The third-order valence-corrected chi connectivity index (χ3v) is 6.51. The van der Waals surface area contributed by atoms with E-state index < -0.39 is 0 Å². The molecule has 2 aromatic rings. The molecule has 0 unspecified atom stereocenters. The van der Waals surface area contributed by atoms with Gasteiger partial charge in [-0.25, -0.2) is 4.39 Å². The van der Waals surface area contributed by atoms with Crippen LogP contribution in [0, 0.1) is 18.7 Å². The summed E-state index contributed by atoms with van der Waals surface area (Å²) in [7, 11) is 1.75. The predicted octanol–water partition coefficient (Wildman–Crippen LogP) is 2.95. The molecule has 7 nitrogen and oxygen atoms in total. The van der Waals surface area contributed by atoms with Crippen LogP contribution in [0.1, 0.15) is 47.3 Å². The van der Waals surface area contributed by atoms with Crippen LogP contribution >= 0.6 is 0 Å². The fraction of sp³-hybridized carbons (Fsp3) is 0.522. The van der Waals surface area contributed by atoms with Crippen molar-refractivity contribution in [2.24, 2.45) is 13.0 Å². The number of carbonyl (C=O) groups excluding carboxylic acids is 2. The van der Waals surface area contributed by atoms with Crippen LogP contribution in [0.25, 0.3) is 0 Å². The first-order valence-electron chi connectivity index (χ1n) is 11.0. The molecule has 4 rings (SSSR count). The van der Waals surface area contributed by atoms with Crippen molar-refractivity contribution in [3.63, 3.8) is 0 Å². The fourth-order valence-corrected chi connectivity index (χ4v) is 4.56. The van der Waals surface area contributed by atoms with Gasteiger partial charge in [-0.2, -0.15) is 5.10 Å². The molecule has 1 N–H and O–H groups in total. The number of benzene rings is 1. The number of amides is 2. The molecular weight excluding hydrogens is 397 g/mol. The second-order valence-corrected chi connectivity index (χ2v) is 8.61. The summed E-state index contributed by atoms with van der Waals surface area (Å²) in [5.74, 6) is -0.109. The highest BCUT2D eigenvalue weighted by atomic mass is 19.1. The Morgan fingerprint density at radius 3 is 2.48 bits per heavy atom. The van der Waals surface area contributed by atoms with Gasteiger partial charge in [-0.3, -0.25) is 19.2 Å². The Labute approximate surface area is 182 Å². The lowest BCUT2D eigenvalue weighted by Gasteiger charge is -2.36. The van der Waals surface area contributed by atoms with Gasteiger partial charge in [0, 0.05) is 63.1 Å². The van der Waals surface area contributed by atoms with Crippen molar-refractivity contribution in [1.29, 1.82) is 0 Å². The number of carbonyl (C=O) groups is 2. The molecule has 166 valence electrons. The number of hydrogen-bond acceptors (Lipinski definition) is 4. The number of hydrogen-bond donors (Lipinski definition) is 1. The highest BCUT2D eigenvalue weighted by molar-refractivity contribution is 6.03. The van der Waals surface area contributed by atoms with Crippen LogP contribution in [0.5, 0.6) is 0 Å². The van der Waals surface area contributed by atoms with Crippen molar-refractivity contribution in [2.45, 2.75) is 39.2 Å². The van der Waals surface area contributed by atoms with Crippen molar-refractivity contribution in [3.8, 4) is 0 Å². The summed E-state index contributed by atoms with van der Waals surface area (Å²) in [6.45, 7) is 5.10. The van der Waals surface area contributed by atoms with Crippen molar-refractivity contribution in [2.75, 3.05) is 31.5 Å². The summed E-state index contributed by atoms with van der Waals surface area (Å²) in [4.78, 5) is 29.2. The predicted molar refractivity (Wildman–Crippen MR) is 116 cm³/mol. The van der Waals surface area contributed by atoms with E-state index in [2.05, 4.69) is 15.3 Å². The Bertz CT molecular complexity index is 959. The van der Waals surface area contributed by atoms with Gasteiger partial charge >= 0.3 is 0 Å². The highest BCUT2D eigenvalue weighted by Crippen LogP contribution is 2.28. The van der Waals surface area contributed by atoms with Crippen molar-refractivity contribution in [3.05, 3.63) is 47.0 Å². The third kappa shape index (κ3) is 4.79. The molecule has 2 fully saturated rings. The molecule has 8 heteroatoms. The van der Waals surface area contributed by atoms with Crippen molar-refractivity contribution >= 4 is 17.5 Å². The number of nitrogens with one attached hydrogen (secondary N) is 1.